The third-order valence-electron chi connectivity index (χ3n) is 5.48. The minimum absolute atomic E-state index is 0.774. The van der Waals surface area contributed by atoms with E-state index in [0.717, 1.165) is 44.9 Å². The van der Waals surface area contributed by atoms with Crippen molar-refractivity contribution in [3.05, 3.63) is 84.1 Å². The van der Waals surface area contributed by atoms with Crippen molar-refractivity contribution >= 4 is 27.9 Å². The molecule has 30 heavy (non-hydrogen) atoms. The number of methoxy groups -OCH3 is 1. The number of benzene rings is 3. The van der Waals surface area contributed by atoms with Gasteiger partial charge in [-0.3, -0.25) is 0 Å². The summed E-state index contributed by atoms with van der Waals surface area (Å²) in [6.45, 7) is 4.22. The van der Waals surface area contributed by atoms with E-state index in [1.807, 2.05) is 35.0 Å². The normalized spacial score (nSPS) is 11.2. The third kappa shape index (κ3) is 3.24. The molecule has 5 aromatic rings. The van der Waals surface area contributed by atoms with Crippen LogP contribution < -0.4 is 10.1 Å². The quantitative estimate of drug-likeness (QED) is 0.411. The first kappa shape index (κ1) is 18.2. The minimum Gasteiger partial charge on any atom is -0.497 e. The maximum Gasteiger partial charge on any atom is 0.154 e. The van der Waals surface area contributed by atoms with Gasteiger partial charge < -0.3 is 10.1 Å². The van der Waals surface area contributed by atoms with Crippen molar-refractivity contribution < 1.29 is 4.74 Å². The summed E-state index contributed by atoms with van der Waals surface area (Å²) in [6.07, 6.45) is 1.87. The molecule has 0 amide bonds. The fraction of sp³-hybridized carbons (Fsp3) is 0.120. The van der Waals surface area contributed by atoms with Crippen LogP contribution in [0.3, 0.4) is 0 Å². The van der Waals surface area contributed by atoms with Gasteiger partial charge >= 0.3 is 0 Å². The molecule has 0 saturated carbocycles. The molecule has 0 aliphatic carbocycles. The molecule has 0 aliphatic rings. The molecule has 1 N–H and O–H groups in total. The number of fused-ring (bicyclic) bond motifs is 2. The van der Waals surface area contributed by atoms with Crippen molar-refractivity contribution in [2.75, 3.05) is 12.4 Å². The molecule has 0 radical (unpaired) electrons. The first-order chi connectivity index (χ1) is 14.6. The molecule has 0 spiro atoms. The first-order valence-electron chi connectivity index (χ1n) is 9.88. The van der Waals surface area contributed by atoms with Crippen molar-refractivity contribution in [1.82, 2.24) is 14.6 Å². The van der Waals surface area contributed by atoms with Gasteiger partial charge in [0.2, 0.25) is 0 Å². The predicted octanol–water partition coefficient (Wildman–Crippen LogP) is 5.92. The molecule has 2 aromatic heterocycles. The van der Waals surface area contributed by atoms with E-state index in [4.69, 9.17) is 9.84 Å². The summed E-state index contributed by atoms with van der Waals surface area (Å²) in [6, 6.07) is 22.7. The van der Waals surface area contributed by atoms with Gasteiger partial charge in [-0.25, -0.2) is 9.50 Å². The SMILES string of the molecule is COc1ccc2cc(-c3cnc4ccc(Nc5ccc(C)c(C)c5)nn34)ccc2c1. The lowest BCUT2D eigenvalue weighted by atomic mass is 10.1. The number of aryl methyl sites for hydroxylation is 2. The molecule has 0 bridgehead atoms. The van der Waals surface area contributed by atoms with Crippen molar-refractivity contribution in [3.63, 3.8) is 0 Å². The standard InChI is InChI=1S/C25H22N4O/c1-16-4-8-21(12-17(16)2)27-24-10-11-25-26-15-23(29(25)28-24)20-6-5-19-14-22(30-3)9-7-18(19)13-20/h4-15H,1-3H3,(H,27,28). The summed E-state index contributed by atoms with van der Waals surface area (Å²) in [5.74, 6) is 1.63. The number of imidazole rings is 1. The number of hydrogen-bond donors (Lipinski definition) is 1. The van der Waals surface area contributed by atoms with E-state index < -0.39 is 0 Å². The first-order valence-corrected chi connectivity index (χ1v) is 9.88. The Balaban J connectivity index is 1.54. The number of rotatable bonds is 4. The number of hydrogen-bond acceptors (Lipinski definition) is 4. The minimum atomic E-state index is 0.774. The van der Waals surface area contributed by atoms with Crippen LogP contribution in [0, 0.1) is 13.8 Å². The van der Waals surface area contributed by atoms with E-state index in [-0.39, 0.29) is 0 Å². The monoisotopic (exact) mass is 394 g/mol. The number of nitrogens with one attached hydrogen (secondary N) is 1. The molecule has 0 saturated heterocycles. The van der Waals surface area contributed by atoms with Gasteiger partial charge in [0.1, 0.15) is 5.75 Å². The zero-order chi connectivity index (χ0) is 20.7. The smallest absolute Gasteiger partial charge is 0.154 e. The second-order valence-electron chi connectivity index (χ2n) is 7.48. The van der Waals surface area contributed by atoms with Crippen LogP contribution in [-0.2, 0) is 0 Å². The molecule has 5 heteroatoms. The van der Waals surface area contributed by atoms with Gasteiger partial charge in [-0.1, -0.05) is 24.3 Å². The largest absolute Gasteiger partial charge is 0.497 e. The Hall–Kier alpha value is -3.86. The maximum atomic E-state index is 5.33. The van der Waals surface area contributed by atoms with Crippen LogP contribution in [0.15, 0.2) is 72.9 Å². The van der Waals surface area contributed by atoms with Gasteiger partial charge in [0.05, 0.1) is 19.0 Å². The Morgan fingerprint density at radius 2 is 1.67 bits per heavy atom. The highest BCUT2D eigenvalue weighted by Crippen LogP contribution is 2.28. The predicted molar refractivity (Wildman–Crippen MR) is 122 cm³/mol. The summed E-state index contributed by atoms with van der Waals surface area (Å²) in [4.78, 5) is 4.53. The Labute approximate surface area is 175 Å². The Morgan fingerprint density at radius 1 is 0.833 bits per heavy atom. The number of nitrogens with zero attached hydrogens (tertiary/aromatic N) is 3. The summed E-state index contributed by atoms with van der Waals surface area (Å²) in [7, 11) is 1.68. The highest BCUT2D eigenvalue weighted by Gasteiger charge is 2.10. The average Bonchev–Trinajstić information content (AvgIpc) is 3.19. The molecule has 5 nitrogen and oxygen atoms in total. The maximum absolute atomic E-state index is 5.33. The fourth-order valence-corrected chi connectivity index (χ4v) is 3.61. The summed E-state index contributed by atoms with van der Waals surface area (Å²) in [5, 5.41) is 10.5. The lowest BCUT2D eigenvalue weighted by Crippen LogP contribution is -2.00. The Kier molecular flexibility index (Phi) is 4.36. The van der Waals surface area contributed by atoms with Gasteiger partial charge in [-0.2, -0.15) is 0 Å². The molecule has 148 valence electrons. The van der Waals surface area contributed by atoms with E-state index >= 15 is 0 Å². The van der Waals surface area contributed by atoms with E-state index in [0.29, 0.717) is 0 Å². The lowest BCUT2D eigenvalue weighted by Gasteiger charge is -2.09. The van der Waals surface area contributed by atoms with Crippen LogP contribution in [0.25, 0.3) is 27.7 Å². The molecule has 0 fully saturated rings. The van der Waals surface area contributed by atoms with Crippen molar-refractivity contribution in [2.24, 2.45) is 0 Å². The van der Waals surface area contributed by atoms with Gasteiger partial charge in [0.25, 0.3) is 0 Å². The average molecular weight is 394 g/mol. The topological polar surface area (TPSA) is 51.5 Å². The van der Waals surface area contributed by atoms with E-state index in [2.05, 4.69) is 66.6 Å². The summed E-state index contributed by atoms with van der Waals surface area (Å²) >= 11 is 0. The van der Waals surface area contributed by atoms with Gasteiger partial charge in [-0.15, -0.1) is 5.10 Å². The highest BCUT2D eigenvalue weighted by molar-refractivity contribution is 5.88. The second-order valence-corrected chi connectivity index (χ2v) is 7.48. The Bertz CT molecular complexity index is 1390. The molecule has 0 unspecified atom stereocenters. The number of aromatic nitrogens is 3. The van der Waals surface area contributed by atoms with Crippen LogP contribution in [0.5, 0.6) is 5.75 Å². The van der Waals surface area contributed by atoms with Crippen molar-refractivity contribution in [2.45, 2.75) is 13.8 Å². The fourth-order valence-electron chi connectivity index (χ4n) is 3.61. The molecule has 2 heterocycles. The second kappa shape index (κ2) is 7.19. The molecular weight excluding hydrogens is 372 g/mol. The van der Waals surface area contributed by atoms with Crippen LogP contribution in [0.2, 0.25) is 0 Å². The zero-order valence-electron chi connectivity index (χ0n) is 17.2. The third-order valence-corrected chi connectivity index (χ3v) is 5.48. The van der Waals surface area contributed by atoms with Crippen LogP contribution >= 0.6 is 0 Å². The Morgan fingerprint density at radius 3 is 2.50 bits per heavy atom. The molecule has 5 rings (SSSR count). The summed E-state index contributed by atoms with van der Waals surface area (Å²) in [5.41, 5.74) is 6.37. The lowest BCUT2D eigenvalue weighted by molar-refractivity contribution is 0.415. The molecular formula is C25H22N4O. The summed E-state index contributed by atoms with van der Waals surface area (Å²) < 4.78 is 7.21. The zero-order valence-corrected chi connectivity index (χ0v) is 17.2. The van der Waals surface area contributed by atoms with Gasteiger partial charge in [0, 0.05) is 11.3 Å². The molecule has 0 aliphatic heterocycles. The van der Waals surface area contributed by atoms with Crippen LogP contribution in [-0.4, -0.2) is 21.7 Å². The van der Waals surface area contributed by atoms with E-state index in [1.54, 1.807) is 7.11 Å². The number of anilines is 2. The van der Waals surface area contributed by atoms with Crippen molar-refractivity contribution in [3.8, 4) is 17.0 Å². The molecule has 0 atom stereocenters. The van der Waals surface area contributed by atoms with E-state index in [9.17, 15) is 0 Å². The highest BCUT2D eigenvalue weighted by atomic mass is 16.5. The van der Waals surface area contributed by atoms with E-state index in [1.165, 1.54) is 11.1 Å². The van der Waals surface area contributed by atoms with Gasteiger partial charge in [0.15, 0.2) is 11.5 Å². The van der Waals surface area contributed by atoms with Gasteiger partial charge in [-0.05, 0) is 78.2 Å². The number of ether oxygens (including phenoxy) is 1. The van der Waals surface area contributed by atoms with Crippen molar-refractivity contribution in [1.29, 1.82) is 0 Å². The molecule has 3 aromatic carbocycles. The van der Waals surface area contributed by atoms with Crippen LogP contribution in [0.1, 0.15) is 11.1 Å². The van der Waals surface area contributed by atoms with Crippen LogP contribution in [0.4, 0.5) is 11.5 Å².